The van der Waals surface area contributed by atoms with Crippen LogP contribution in [-0.2, 0) is 6.54 Å². The average molecular weight is 406 g/mol. The van der Waals surface area contributed by atoms with E-state index in [2.05, 4.69) is 27.8 Å². The number of ether oxygens (including phenoxy) is 1. The zero-order valence-electron chi connectivity index (χ0n) is 17.4. The largest absolute Gasteiger partial charge is 0.492 e. The molecule has 1 aromatic heterocycles. The van der Waals surface area contributed by atoms with E-state index < -0.39 is 0 Å². The van der Waals surface area contributed by atoms with Gasteiger partial charge in [-0.1, -0.05) is 24.8 Å². The van der Waals surface area contributed by atoms with Crippen LogP contribution in [0.2, 0.25) is 0 Å². The van der Waals surface area contributed by atoms with Gasteiger partial charge in [-0.3, -0.25) is 4.90 Å². The van der Waals surface area contributed by atoms with Crippen LogP contribution in [0.3, 0.4) is 0 Å². The van der Waals surface area contributed by atoms with Gasteiger partial charge in [-0.2, -0.15) is 0 Å². The SMILES string of the molecule is C=C/C(=C\C=C/N)c1ccc(OCCN2CCCC2)c(CNc2cccnc2N)c1. The molecule has 0 amide bonds. The molecule has 0 saturated carbocycles. The molecule has 0 radical (unpaired) electrons. The van der Waals surface area contributed by atoms with Gasteiger partial charge in [-0.05, 0) is 73.6 Å². The van der Waals surface area contributed by atoms with Crippen LogP contribution in [0.5, 0.6) is 5.75 Å². The number of nitrogens with two attached hydrogens (primary N) is 2. The summed E-state index contributed by atoms with van der Waals surface area (Å²) in [5.41, 5.74) is 15.3. The minimum absolute atomic E-state index is 0.477. The summed E-state index contributed by atoms with van der Waals surface area (Å²) in [6, 6.07) is 9.96. The smallest absolute Gasteiger partial charge is 0.146 e. The van der Waals surface area contributed by atoms with Crippen LogP contribution in [0, 0.1) is 0 Å². The highest BCUT2D eigenvalue weighted by molar-refractivity contribution is 5.75. The van der Waals surface area contributed by atoms with Gasteiger partial charge in [0.15, 0.2) is 0 Å². The maximum atomic E-state index is 6.16. The number of pyridine rings is 1. The van der Waals surface area contributed by atoms with Crippen molar-refractivity contribution in [2.45, 2.75) is 19.4 Å². The van der Waals surface area contributed by atoms with Crippen molar-refractivity contribution in [3.05, 3.63) is 78.7 Å². The first kappa shape index (κ1) is 21.5. The molecule has 1 aromatic carbocycles. The summed E-state index contributed by atoms with van der Waals surface area (Å²) < 4.78 is 6.16. The van der Waals surface area contributed by atoms with Crippen molar-refractivity contribution in [1.29, 1.82) is 0 Å². The lowest BCUT2D eigenvalue weighted by molar-refractivity contribution is 0.236. The van der Waals surface area contributed by atoms with Crippen molar-refractivity contribution in [1.82, 2.24) is 9.88 Å². The van der Waals surface area contributed by atoms with E-state index in [0.717, 1.165) is 34.7 Å². The van der Waals surface area contributed by atoms with Gasteiger partial charge in [-0.15, -0.1) is 0 Å². The second-order valence-corrected chi connectivity index (χ2v) is 7.22. The Hall–Kier alpha value is -3.25. The number of nitrogen functional groups attached to an aromatic ring is 1. The number of hydrogen-bond acceptors (Lipinski definition) is 6. The van der Waals surface area contributed by atoms with Gasteiger partial charge >= 0.3 is 0 Å². The molecule has 0 aliphatic carbocycles. The first-order valence-electron chi connectivity index (χ1n) is 10.3. The zero-order chi connectivity index (χ0) is 21.2. The lowest BCUT2D eigenvalue weighted by Gasteiger charge is -2.18. The Morgan fingerprint density at radius 2 is 2.10 bits per heavy atom. The molecular weight excluding hydrogens is 374 g/mol. The number of aromatic nitrogens is 1. The molecule has 2 heterocycles. The molecule has 0 atom stereocenters. The number of likely N-dealkylation sites (tertiary alicyclic amines) is 1. The van der Waals surface area contributed by atoms with Crippen molar-refractivity contribution in [2.75, 3.05) is 37.3 Å². The second kappa shape index (κ2) is 11.1. The number of anilines is 2. The van der Waals surface area contributed by atoms with Crippen LogP contribution in [0.15, 0.2) is 67.5 Å². The molecule has 1 saturated heterocycles. The highest BCUT2D eigenvalue weighted by atomic mass is 16.5. The van der Waals surface area contributed by atoms with Crippen LogP contribution in [0.4, 0.5) is 11.5 Å². The van der Waals surface area contributed by atoms with E-state index in [0.29, 0.717) is 19.0 Å². The fourth-order valence-electron chi connectivity index (χ4n) is 3.53. The van der Waals surface area contributed by atoms with Gasteiger partial charge in [-0.25, -0.2) is 4.98 Å². The molecule has 0 unspecified atom stereocenters. The topological polar surface area (TPSA) is 89.4 Å². The predicted octanol–water partition coefficient (Wildman–Crippen LogP) is 3.79. The van der Waals surface area contributed by atoms with Crippen molar-refractivity contribution < 1.29 is 4.74 Å². The highest BCUT2D eigenvalue weighted by Crippen LogP contribution is 2.27. The summed E-state index contributed by atoms with van der Waals surface area (Å²) in [6.45, 7) is 8.44. The Morgan fingerprint density at radius 3 is 2.83 bits per heavy atom. The number of benzene rings is 1. The Bertz CT molecular complexity index is 900. The molecule has 0 spiro atoms. The first-order valence-corrected chi connectivity index (χ1v) is 10.3. The van der Waals surface area contributed by atoms with Gasteiger partial charge in [0.25, 0.3) is 0 Å². The summed E-state index contributed by atoms with van der Waals surface area (Å²) in [6.07, 6.45) is 11.3. The van der Waals surface area contributed by atoms with E-state index in [-0.39, 0.29) is 0 Å². The third-order valence-corrected chi connectivity index (χ3v) is 5.17. The number of hydrogen-bond donors (Lipinski definition) is 3. The monoisotopic (exact) mass is 405 g/mol. The molecule has 0 bridgehead atoms. The Kier molecular flexibility index (Phi) is 7.92. The summed E-state index contributed by atoms with van der Waals surface area (Å²) in [5.74, 6) is 1.34. The van der Waals surface area contributed by atoms with Gasteiger partial charge in [0, 0.05) is 24.8 Å². The van der Waals surface area contributed by atoms with Crippen LogP contribution in [-0.4, -0.2) is 36.1 Å². The number of rotatable bonds is 10. The van der Waals surface area contributed by atoms with Gasteiger partial charge in [0.05, 0.1) is 5.69 Å². The highest BCUT2D eigenvalue weighted by Gasteiger charge is 2.12. The molecule has 2 aromatic rings. The Morgan fingerprint density at radius 1 is 1.27 bits per heavy atom. The van der Waals surface area contributed by atoms with E-state index in [1.54, 1.807) is 12.3 Å². The lowest BCUT2D eigenvalue weighted by atomic mass is 10.0. The number of allylic oxidation sites excluding steroid dienone is 4. The van der Waals surface area contributed by atoms with Crippen molar-refractivity contribution in [3.63, 3.8) is 0 Å². The molecule has 30 heavy (non-hydrogen) atoms. The van der Waals surface area contributed by atoms with Crippen LogP contribution in [0.1, 0.15) is 24.0 Å². The number of nitrogens with zero attached hydrogens (tertiary/aromatic N) is 2. The van der Waals surface area contributed by atoms with E-state index >= 15 is 0 Å². The predicted molar refractivity (Wildman–Crippen MR) is 125 cm³/mol. The van der Waals surface area contributed by atoms with Crippen LogP contribution >= 0.6 is 0 Å². The van der Waals surface area contributed by atoms with E-state index in [1.165, 1.54) is 32.1 Å². The fourth-order valence-corrected chi connectivity index (χ4v) is 3.53. The van der Waals surface area contributed by atoms with Crippen molar-refractivity contribution in [2.24, 2.45) is 5.73 Å². The minimum atomic E-state index is 0.477. The van der Waals surface area contributed by atoms with Crippen LogP contribution < -0.4 is 21.5 Å². The Balaban J connectivity index is 1.78. The third-order valence-electron chi connectivity index (χ3n) is 5.17. The minimum Gasteiger partial charge on any atom is -0.492 e. The second-order valence-electron chi connectivity index (χ2n) is 7.22. The van der Waals surface area contributed by atoms with Gasteiger partial charge < -0.3 is 21.5 Å². The average Bonchev–Trinajstić information content (AvgIpc) is 3.28. The van der Waals surface area contributed by atoms with Gasteiger partial charge in [0.1, 0.15) is 18.2 Å². The van der Waals surface area contributed by atoms with E-state index in [9.17, 15) is 0 Å². The molecule has 1 fully saturated rings. The van der Waals surface area contributed by atoms with Crippen molar-refractivity contribution >= 4 is 17.1 Å². The third kappa shape index (κ3) is 5.87. The summed E-state index contributed by atoms with van der Waals surface area (Å²) in [5, 5.41) is 3.37. The Labute approximate surface area is 178 Å². The van der Waals surface area contributed by atoms with Crippen molar-refractivity contribution in [3.8, 4) is 5.75 Å². The summed E-state index contributed by atoms with van der Waals surface area (Å²) in [7, 11) is 0. The van der Waals surface area contributed by atoms with E-state index in [1.807, 2.05) is 36.4 Å². The molecular formula is C24H31N5O. The standard InChI is InChI=1S/C24H31N5O/c1-2-19(7-5-11-25)20-9-10-23(30-16-15-29-13-3-4-14-29)21(17-20)18-28-22-8-6-12-27-24(22)26/h2,5-12,17,28H,1,3-4,13-16,18,25H2,(H2,26,27)/b11-5-,19-7+. The summed E-state index contributed by atoms with van der Waals surface area (Å²) in [4.78, 5) is 6.58. The summed E-state index contributed by atoms with van der Waals surface area (Å²) >= 11 is 0. The molecule has 1 aliphatic rings. The molecule has 6 heteroatoms. The molecule has 1 aliphatic heterocycles. The molecule has 5 N–H and O–H groups in total. The maximum absolute atomic E-state index is 6.16. The maximum Gasteiger partial charge on any atom is 0.146 e. The zero-order valence-corrected chi connectivity index (χ0v) is 17.4. The first-order chi connectivity index (χ1) is 14.7. The van der Waals surface area contributed by atoms with Gasteiger partial charge in [0.2, 0.25) is 0 Å². The normalized spacial score (nSPS) is 14.9. The molecule has 6 nitrogen and oxygen atoms in total. The van der Waals surface area contributed by atoms with E-state index in [4.69, 9.17) is 16.2 Å². The molecule has 158 valence electrons. The lowest BCUT2D eigenvalue weighted by Crippen LogP contribution is -2.25. The quantitative estimate of drug-likeness (QED) is 0.521. The number of nitrogens with one attached hydrogen (secondary N) is 1. The van der Waals surface area contributed by atoms with Crippen LogP contribution in [0.25, 0.3) is 5.57 Å². The molecule has 3 rings (SSSR count). The fraction of sp³-hybridized carbons (Fsp3) is 0.292.